The number of nitrogens with one attached hydrogen (secondary N) is 1. The van der Waals surface area contributed by atoms with Crippen molar-refractivity contribution in [3.05, 3.63) is 42.4 Å². The molecule has 3 rings (SSSR count). The number of hydrogen-bond donors (Lipinski definition) is 3. The predicted molar refractivity (Wildman–Crippen MR) is 85.0 cm³/mol. The van der Waals surface area contributed by atoms with Crippen molar-refractivity contribution < 1.29 is 9.90 Å². The number of aromatic nitrogens is 4. The van der Waals surface area contributed by atoms with Gasteiger partial charge in [-0.25, -0.2) is 14.6 Å². The summed E-state index contributed by atoms with van der Waals surface area (Å²) in [6.45, 7) is 0.368. The molecule has 2 heterocycles. The van der Waals surface area contributed by atoms with Crippen LogP contribution in [0, 0.1) is 0 Å². The van der Waals surface area contributed by atoms with E-state index < -0.39 is 0 Å². The van der Waals surface area contributed by atoms with Crippen molar-refractivity contribution in [2.24, 2.45) is 5.73 Å². The lowest BCUT2D eigenvalue weighted by Crippen LogP contribution is -2.13. The third-order valence-electron chi connectivity index (χ3n) is 3.34. The number of aliphatic hydroxyl groups is 1. The lowest BCUT2D eigenvalue weighted by atomic mass is 10.1. The van der Waals surface area contributed by atoms with E-state index in [9.17, 15) is 4.79 Å². The van der Waals surface area contributed by atoms with Crippen LogP contribution in [0.15, 0.2) is 36.8 Å². The first-order valence-corrected chi connectivity index (χ1v) is 7.09. The van der Waals surface area contributed by atoms with Crippen molar-refractivity contribution in [1.29, 1.82) is 0 Å². The summed E-state index contributed by atoms with van der Waals surface area (Å²) in [6, 6.07) is 7.37. The molecule has 8 heteroatoms. The van der Waals surface area contributed by atoms with Crippen LogP contribution < -0.4 is 11.1 Å². The van der Waals surface area contributed by atoms with Gasteiger partial charge in [-0.3, -0.25) is 4.79 Å². The van der Waals surface area contributed by atoms with Gasteiger partial charge in [0.1, 0.15) is 12.1 Å². The zero-order chi connectivity index (χ0) is 16.2. The first-order chi connectivity index (χ1) is 11.2. The number of hydrogen-bond acceptors (Lipinski definition) is 6. The molecule has 118 valence electrons. The maximum atomic E-state index is 10.9. The van der Waals surface area contributed by atoms with E-state index in [1.54, 1.807) is 10.9 Å². The van der Waals surface area contributed by atoms with Crippen LogP contribution in [0.3, 0.4) is 0 Å². The highest BCUT2D eigenvalue weighted by Gasteiger charge is 2.09. The van der Waals surface area contributed by atoms with E-state index in [0.29, 0.717) is 18.0 Å². The minimum Gasteiger partial charge on any atom is -0.394 e. The van der Waals surface area contributed by atoms with E-state index in [1.807, 2.05) is 24.3 Å². The average Bonchev–Trinajstić information content (AvgIpc) is 2.94. The highest BCUT2D eigenvalue weighted by molar-refractivity contribution is 5.88. The minimum atomic E-state index is -0.362. The Hall–Kier alpha value is -3.00. The van der Waals surface area contributed by atoms with Crippen LogP contribution in [0.2, 0.25) is 0 Å². The second kappa shape index (κ2) is 6.41. The Labute approximate surface area is 132 Å². The lowest BCUT2D eigenvalue weighted by molar-refractivity contribution is -0.117. The number of carbonyl (C=O) groups is 1. The summed E-state index contributed by atoms with van der Waals surface area (Å²) in [5, 5.41) is 17.2. The number of carbonyl (C=O) groups excluding carboxylic acids is 1. The van der Waals surface area contributed by atoms with E-state index >= 15 is 0 Å². The van der Waals surface area contributed by atoms with Gasteiger partial charge in [0.2, 0.25) is 5.91 Å². The molecule has 8 nitrogen and oxygen atoms in total. The van der Waals surface area contributed by atoms with Gasteiger partial charge in [0.25, 0.3) is 0 Å². The molecule has 4 N–H and O–H groups in total. The van der Waals surface area contributed by atoms with Gasteiger partial charge in [0.15, 0.2) is 5.65 Å². The zero-order valence-electron chi connectivity index (χ0n) is 12.3. The quantitative estimate of drug-likeness (QED) is 0.613. The molecule has 2 aromatic heterocycles. The van der Waals surface area contributed by atoms with Crippen LogP contribution >= 0.6 is 0 Å². The Bertz CT molecular complexity index is 828. The van der Waals surface area contributed by atoms with Crippen molar-refractivity contribution in [3.63, 3.8) is 0 Å². The normalized spacial score (nSPS) is 10.8. The maximum absolute atomic E-state index is 10.9. The van der Waals surface area contributed by atoms with Crippen molar-refractivity contribution in [2.75, 3.05) is 11.9 Å². The summed E-state index contributed by atoms with van der Waals surface area (Å²) in [4.78, 5) is 19.3. The summed E-state index contributed by atoms with van der Waals surface area (Å²) in [5.74, 6) is 0.265. The molecule has 0 unspecified atom stereocenters. The average molecular weight is 312 g/mol. The Morgan fingerprint density at radius 1 is 1.26 bits per heavy atom. The molecule has 0 aliphatic heterocycles. The molecule has 1 aromatic carbocycles. The van der Waals surface area contributed by atoms with Crippen LogP contribution in [-0.2, 0) is 17.8 Å². The van der Waals surface area contributed by atoms with Gasteiger partial charge >= 0.3 is 0 Å². The number of primary amides is 1. The first kappa shape index (κ1) is 14.9. The second-order valence-electron chi connectivity index (χ2n) is 5.02. The summed E-state index contributed by atoms with van der Waals surface area (Å²) in [7, 11) is 0. The van der Waals surface area contributed by atoms with Gasteiger partial charge < -0.3 is 16.2 Å². The minimum absolute atomic E-state index is 0.00906. The maximum Gasteiger partial charge on any atom is 0.221 e. The number of nitrogens with two attached hydrogens (primary N) is 1. The summed E-state index contributed by atoms with van der Waals surface area (Å²) in [6.07, 6.45) is 3.32. The second-order valence-corrected chi connectivity index (χ2v) is 5.02. The molecular formula is C15H16N6O2. The topological polar surface area (TPSA) is 119 Å². The lowest BCUT2D eigenvalue weighted by Gasteiger charge is -2.07. The van der Waals surface area contributed by atoms with E-state index in [2.05, 4.69) is 20.4 Å². The van der Waals surface area contributed by atoms with Crippen LogP contribution in [0.4, 0.5) is 11.5 Å². The van der Waals surface area contributed by atoms with Gasteiger partial charge in [-0.05, 0) is 17.7 Å². The molecule has 23 heavy (non-hydrogen) atoms. The smallest absolute Gasteiger partial charge is 0.221 e. The molecule has 3 aromatic rings. The van der Waals surface area contributed by atoms with Crippen molar-refractivity contribution in [2.45, 2.75) is 13.0 Å². The van der Waals surface area contributed by atoms with Crippen LogP contribution in [0.5, 0.6) is 0 Å². The Balaban J connectivity index is 1.85. The van der Waals surface area contributed by atoms with Gasteiger partial charge in [0, 0.05) is 5.69 Å². The van der Waals surface area contributed by atoms with Crippen molar-refractivity contribution >= 4 is 28.4 Å². The fourth-order valence-electron chi connectivity index (χ4n) is 2.29. The van der Waals surface area contributed by atoms with E-state index in [1.165, 1.54) is 6.33 Å². The zero-order valence-corrected chi connectivity index (χ0v) is 12.3. The Morgan fingerprint density at radius 3 is 2.74 bits per heavy atom. The Kier molecular flexibility index (Phi) is 4.15. The fourth-order valence-corrected chi connectivity index (χ4v) is 2.29. The SMILES string of the molecule is NC(=O)Cc1ccc(Nc2ncnc3c2cnn3CCO)cc1. The molecule has 0 aliphatic carbocycles. The number of benzene rings is 1. The molecule has 0 spiro atoms. The van der Waals surface area contributed by atoms with E-state index in [-0.39, 0.29) is 18.9 Å². The fraction of sp³-hybridized carbons (Fsp3) is 0.200. The highest BCUT2D eigenvalue weighted by Crippen LogP contribution is 2.22. The van der Waals surface area contributed by atoms with Crippen molar-refractivity contribution in [3.8, 4) is 0 Å². The summed E-state index contributed by atoms with van der Waals surface area (Å²) in [5.41, 5.74) is 7.51. The largest absolute Gasteiger partial charge is 0.394 e. The number of aliphatic hydroxyl groups excluding tert-OH is 1. The summed E-state index contributed by atoms with van der Waals surface area (Å²) < 4.78 is 1.62. The molecule has 0 saturated heterocycles. The van der Waals surface area contributed by atoms with Gasteiger partial charge in [-0.15, -0.1) is 0 Å². The molecule has 0 saturated carbocycles. The Morgan fingerprint density at radius 2 is 2.04 bits per heavy atom. The molecule has 0 bridgehead atoms. The molecule has 0 aliphatic rings. The number of amides is 1. The molecule has 0 radical (unpaired) electrons. The number of rotatable bonds is 6. The van der Waals surface area contributed by atoms with Crippen LogP contribution in [0.1, 0.15) is 5.56 Å². The molecule has 0 fully saturated rings. The van der Waals surface area contributed by atoms with E-state index in [4.69, 9.17) is 10.8 Å². The third-order valence-corrected chi connectivity index (χ3v) is 3.34. The number of anilines is 2. The summed E-state index contributed by atoms with van der Waals surface area (Å²) >= 11 is 0. The predicted octanol–water partition coefficient (Wildman–Crippen LogP) is 0.590. The van der Waals surface area contributed by atoms with Crippen LogP contribution in [-0.4, -0.2) is 37.4 Å². The standard InChI is InChI=1S/C15H16N6O2/c16-13(23)7-10-1-3-11(4-2-10)20-14-12-8-19-21(5-6-22)15(12)18-9-17-14/h1-4,8-9,22H,5-7H2,(H2,16,23)(H,17,18,20). The molecule has 1 amide bonds. The number of nitrogens with zero attached hydrogens (tertiary/aromatic N) is 4. The third kappa shape index (κ3) is 3.27. The monoisotopic (exact) mass is 312 g/mol. The van der Waals surface area contributed by atoms with Gasteiger partial charge in [-0.1, -0.05) is 12.1 Å². The highest BCUT2D eigenvalue weighted by atomic mass is 16.3. The van der Waals surface area contributed by atoms with Gasteiger partial charge in [0.05, 0.1) is 31.2 Å². The van der Waals surface area contributed by atoms with Crippen LogP contribution in [0.25, 0.3) is 11.0 Å². The number of fused-ring (bicyclic) bond motifs is 1. The first-order valence-electron chi connectivity index (χ1n) is 7.09. The van der Waals surface area contributed by atoms with Gasteiger partial charge in [-0.2, -0.15) is 5.10 Å². The molecular weight excluding hydrogens is 296 g/mol. The van der Waals surface area contributed by atoms with Crippen molar-refractivity contribution in [1.82, 2.24) is 19.7 Å². The van der Waals surface area contributed by atoms with E-state index in [0.717, 1.165) is 16.6 Å². The molecule has 0 atom stereocenters.